The fraction of sp³-hybridized carbons (Fsp3) is 0.185. The first kappa shape index (κ1) is 23.2. The van der Waals surface area contributed by atoms with Gasteiger partial charge in [0.05, 0.1) is 5.69 Å². The number of nitrogens with one attached hydrogen (secondary N) is 2. The van der Waals surface area contributed by atoms with Crippen LogP contribution < -0.4 is 10.6 Å². The van der Waals surface area contributed by atoms with E-state index in [1.54, 1.807) is 12.1 Å². The fourth-order valence-electron chi connectivity index (χ4n) is 4.01. The Labute approximate surface area is 197 Å². The lowest BCUT2D eigenvalue weighted by Crippen LogP contribution is -2.10. The van der Waals surface area contributed by atoms with Crippen molar-refractivity contribution in [3.63, 3.8) is 0 Å². The Morgan fingerprint density at radius 2 is 1.88 bits per heavy atom. The number of hydrogen-bond donors (Lipinski definition) is 3. The molecule has 174 valence electrons. The highest BCUT2D eigenvalue weighted by Gasteiger charge is 2.25. The summed E-state index contributed by atoms with van der Waals surface area (Å²) in [6, 6.07) is 17.8. The van der Waals surface area contributed by atoms with Gasteiger partial charge in [-0.2, -0.15) is 0 Å². The Morgan fingerprint density at radius 3 is 2.59 bits per heavy atom. The van der Waals surface area contributed by atoms with Crippen LogP contribution in [0.15, 0.2) is 60.7 Å². The molecule has 3 aromatic carbocycles. The first-order chi connectivity index (χ1) is 16.3. The van der Waals surface area contributed by atoms with E-state index in [4.69, 9.17) is 0 Å². The van der Waals surface area contributed by atoms with E-state index in [1.165, 1.54) is 17.7 Å². The number of benzene rings is 3. The summed E-state index contributed by atoms with van der Waals surface area (Å²) in [5.74, 6) is -1.61. The molecular formula is C27H26FN3O3. The minimum absolute atomic E-state index is 0.0148. The van der Waals surface area contributed by atoms with E-state index in [2.05, 4.69) is 15.5 Å². The Kier molecular flexibility index (Phi) is 6.75. The molecule has 1 aliphatic rings. The lowest BCUT2D eigenvalue weighted by molar-refractivity contribution is -0.137. The largest absolute Gasteiger partial charge is 0.481 e. The third-order valence-corrected chi connectivity index (χ3v) is 5.58. The quantitative estimate of drug-likeness (QED) is 0.407. The van der Waals surface area contributed by atoms with Crippen molar-refractivity contribution in [3.8, 4) is 0 Å². The summed E-state index contributed by atoms with van der Waals surface area (Å²) in [6.07, 6.45) is 2.08. The number of carboxylic acid groups (broad SMARTS) is 1. The molecule has 1 heterocycles. The van der Waals surface area contributed by atoms with Crippen LogP contribution in [0.2, 0.25) is 0 Å². The van der Waals surface area contributed by atoms with Gasteiger partial charge in [-0.15, -0.1) is 0 Å². The SMILES string of the molecule is CN(C)Cc1ccc(Nc2c(/C=C3\C(=O)Nc4cc(F)ccc43)cccc2CCC(=O)O)cc1. The number of para-hydroxylation sites is 1. The molecule has 0 saturated heterocycles. The molecule has 4 rings (SSSR count). The molecule has 0 fully saturated rings. The van der Waals surface area contributed by atoms with Gasteiger partial charge in [0.25, 0.3) is 5.91 Å². The van der Waals surface area contributed by atoms with Gasteiger partial charge in [0.1, 0.15) is 5.82 Å². The van der Waals surface area contributed by atoms with Gasteiger partial charge in [-0.05, 0) is 73.6 Å². The average Bonchev–Trinajstić information content (AvgIpc) is 3.08. The number of nitrogens with zero attached hydrogens (tertiary/aromatic N) is 1. The molecule has 1 amide bonds. The molecule has 6 nitrogen and oxygen atoms in total. The molecule has 3 N–H and O–H groups in total. The van der Waals surface area contributed by atoms with Crippen LogP contribution in [0.5, 0.6) is 0 Å². The fourth-order valence-corrected chi connectivity index (χ4v) is 4.01. The molecule has 0 bridgehead atoms. The normalized spacial score (nSPS) is 13.8. The van der Waals surface area contributed by atoms with E-state index in [0.717, 1.165) is 29.0 Å². The van der Waals surface area contributed by atoms with E-state index in [-0.39, 0.29) is 12.3 Å². The molecule has 7 heteroatoms. The van der Waals surface area contributed by atoms with E-state index in [0.29, 0.717) is 23.2 Å². The Hall–Kier alpha value is -3.97. The van der Waals surface area contributed by atoms with Gasteiger partial charge in [-0.1, -0.05) is 30.3 Å². The van der Waals surface area contributed by atoms with Crippen LogP contribution >= 0.6 is 0 Å². The zero-order chi connectivity index (χ0) is 24.2. The van der Waals surface area contributed by atoms with E-state index in [1.807, 2.05) is 56.6 Å². The highest BCUT2D eigenvalue weighted by Crippen LogP contribution is 2.36. The topological polar surface area (TPSA) is 81.7 Å². The van der Waals surface area contributed by atoms with E-state index in [9.17, 15) is 19.1 Å². The molecule has 1 aliphatic heterocycles. The number of carbonyl (C=O) groups excluding carboxylic acids is 1. The van der Waals surface area contributed by atoms with Crippen LogP contribution in [0.3, 0.4) is 0 Å². The number of aryl methyl sites for hydroxylation is 1. The zero-order valence-corrected chi connectivity index (χ0v) is 19.1. The van der Waals surface area contributed by atoms with E-state index >= 15 is 0 Å². The summed E-state index contributed by atoms with van der Waals surface area (Å²) in [5.41, 5.74) is 5.81. The molecule has 0 atom stereocenters. The predicted molar refractivity (Wildman–Crippen MR) is 132 cm³/mol. The van der Waals surface area contributed by atoms with Crippen LogP contribution in [0, 0.1) is 5.82 Å². The lowest BCUT2D eigenvalue weighted by atomic mass is 9.98. The van der Waals surface area contributed by atoms with Crippen LogP contribution in [0.1, 0.15) is 28.7 Å². The second-order valence-corrected chi connectivity index (χ2v) is 8.54. The molecule has 0 aliphatic carbocycles. The number of anilines is 3. The summed E-state index contributed by atoms with van der Waals surface area (Å²) in [4.78, 5) is 25.9. The van der Waals surface area contributed by atoms with Gasteiger partial charge in [0.2, 0.25) is 0 Å². The lowest BCUT2D eigenvalue weighted by Gasteiger charge is -2.16. The smallest absolute Gasteiger partial charge is 0.303 e. The monoisotopic (exact) mass is 459 g/mol. The number of amides is 1. The molecule has 0 radical (unpaired) electrons. The van der Waals surface area contributed by atoms with Crippen molar-refractivity contribution in [3.05, 3.63) is 88.7 Å². The summed E-state index contributed by atoms with van der Waals surface area (Å²) in [5, 5.41) is 15.3. The molecule has 0 aromatic heterocycles. The number of halogens is 1. The Morgan fingerprint density at radius 1 is 1.12 bits per heavy atom. The number of hydrogen-bond acceptors (Lipinski definition) is 4. The minimum Gasteiger partial charge on any atom is -0.481 e. The van der Waals surface area contributed by atoms with Crippen LogP contribution in [-0.4, -0.2) is 36.0 Å². The Bertz CT molecular complexity index is 1270. The van der Waals surface area contributed by atoms with Crippen LogP contribution in [0.4, 0.5) is 21.5 Å². The van der Waals surface area contributed by atoms with Gasteiger partial charge in [-0.3, -0.25) is 9.59 Å². The maximum atomic E-state index is 13.6. The predicted octanol–water partition coefficient (Wildman–Crippen LogP) is 5.14. The number of rotatable bonds is 8. The standard InChI is InChI=1S/C27H26FN3O3/c1-31(2)16-17-6-10-21(11-7-17)29-26-18(8-13-25(32)33)4-3-5-19(26)14-23-22-12-9-20(28)15-24(22)30-27(23)34/h3-7,9-12,14-15,29H,8,13,16H2,1-2H3,(H,30,34)(H,32,33)/b23-14-. The van der Waals surface area contributed by atoms with Crippen molar-refractivity contribution >= 4 is 40.6 Å². The first-order valence-electron chi connectivity index (χ1n) is 11.0. The zero-order valence-electron chi connectivity index (χ0n) is 19.1. The van der Waals surface area contributed by atoms with Crippen molar-refractivity contribution < 1.29 is 19.1 Å². The second-order valence-electron chi connectivity index (χ2n) is 8.54. The number of fused-ring (bicyclic) bond motifs is 1. The second kappa shape index (κ2) is 9.89. The number of carboxylic acids is 1. The molecule has 0 saturated carbocycles. The Balaban J connectivity index is 1.73. The van der Waals surface area contributed by atoms with Crippen LogP contribution in [-0.2, 0) is 22.6 Å². The van der Waals surface area contributed by atoms with Crippen molar-refractivity contribution in [2.24, 2.45) is 0 Å². The number of aliphatic carboxylic acids is 1. The summed E-state index contributed by atoms with van der Waals surface area (Å²) in [6.45, 7) is 0.821. The van der Waals surface area contributed by atoms with Gasteiger partial charge in [-0.25, -0.2) is 4.39 Å². The average molecular weight is 460 g/mol. The highest BCUT2D eigenvalue weighted by molar-refractivity contribution is 6.35. The minimum atomic E-state index is -0.881. The highest BCUT2D eigenvalue weighted by atomic mass is 19.1. The molecular weight excluding hydrogens is 433 g/mol. The van der Waals surface area contributed by atoms with Gasteiger partial charge in [0.15, 0.2) is 0 Å². The third-order valence-electron chi connectivity index (χ3n) is 5.58. The van der Waals surface area contributed by atoms with Gasteiger partial charge < -0.3 is 20.6 Å². The van der Waals surface area contributed by atoms with E-state index < -0.39 is 11.8 Å². The van der Waals surface area contributed by atoms with Gasteiger partial charge in [0, 0.05) is 35.5 Å². The molecule has 0 unspecified atom stereocenters. The van der Waals surface area contributed by atoms with Crippen molar-refractivity contribution in [2.75, 3.05) is 24.7 Å². The third kappa shape index (κ3) is 5.32. The molecule has 3 aromatic rings. The van der Waals surface area contributed by atoms with Crippen molar-refractivity contribution in [1.82, 2.24) is 4.90 Å². The first-order valence-corrected chi connectivity index (χ1v) is 11.0. The summed E-state index contributed by atoms with van der Waals surface area (Å²) >= 11 is 0. The van der Waals surface area contributed by atoms with Gasteiger partial charge >= 0.3 is 5.97 Å². The summed E-state index contributed by atoms with van der Waals surface area (Å²) in [7, 11) is 4.02. The molecule has 34 heavy (non-hydrogen) atoms. The summed E-state index contributed by atoms with van der Waals surface area (Å²) < 4.78 is 13.6. The maximum Gasteiger partial charge on any atom is 0.303 e. The van der Waals surface area contributed by atoms with Crippen molar-refractivity contribution in [1.29, 1.82) is 0 Å². The molecule has 0 spiro atoms. The van der Waals surface area contributed by atoms with Crippen LogP contribution in [0.25, 0.3) is 11.6 Å². The van der Waals surface area contributed by atoms with Crippen molar-refractivity contribution in [2.45, 2.75) is 19.4 Å². The maximum absolute atomic E-state index is 13.6. The number of carbonyl (C=O) groups is 2.